The summed E-state index contributed by atoms with van der Waals surface area (Å²) in [7, 11) is 0. The molecular formula is C12H18Br2O8. The highest BCUT2D eigenvalue weighted by Crippen LogP contribution is 2.41. The van der Waals surface area contributed by atoms with Gasteiger partial charge in [-0.2, -0.15) is 0 Å². The lowest BCUT2D eigenvalue weighted by Crippen LogP contribution is -2.63. The molecule has 0 aromatic heterocycles. The van der Waals surface area contributed by atoms with Crippen LogP contribution < -0.4 is 0 Å². The van der Waals surface area contributed by atoms with Gasteiger partial charge in [-0.15, -0.1) is 0 Å². The van der Waals surface area contributed by atoms with Gasteiger partial charge in [0.15, 0.2) is 17.7 Å². The number of aliphatic hydroxyl groups is 2. The predicted octanol–water partition coefficient (Wildman–Crippen LogP) is 0.174. The number of carboxylic acid groups (broad SMARTS) is 1. The fraction of sp³-hybridized carbons (Fsp3) is 0.917. The summed E-state index contributed by atoms with van der Waals surface area (Å²) in [6.45, 7) is 2.83. The number of aliphatic carboxylic acids is 1. The van der Waals surface area contributed by atoms with Crippen LogP contribution in [0, 0.1) is 0 Å². The number of hydrogen-bond acceptors (Lipinski definition) is 7. The van der Waals surface area contributed by atoms with E-state index >= 15 is 0 Å². The van der Waals surface area contributed by atoms with Gasteiger partial charge in [0.25, 0.3) is 5.79 Å². The van der Waals surface area contributed by atoms with Crippen molar-refractivity contribution in [1.29, 1.82) is 0 Å². The summed E-state index contributed by atoms with van der Waals surface area (Å²) in [4.78, 5) is 11.4. The first-order valence-electron chi connectivity index (χ1n) is 6.55. The fourth-order valence-electron chi connectivity index (χ4n) is 2.43. The van der Waals surface area contributed by atoms with Gasteiger partial charge in [-0.05, 0) is 13.8 Å². The molecule has 22 heavy (non-hydrogen) atoms. The first-order valence-corrected chi connectivity index (χ1v) is 8.79. The Labute approximate surface area is 143 Å². The Bertz CT molecular complexity index is 441. The second kappa shape index (κ2) is 6.25. The lowest BCUT2D eigenvalue weighted by Gasteiger charge is -2.44. The molecule has 0 aliphatic carbocycles. The average Bonchev–Trinajstić information content (AvgIpc) is 2.71. The standard InChI is InChI=1S/C12H18Br2O8/c1-10(2)21-8(12(18,22-10)9(16)17)7-6(15)3-19-11(4-13,5-14)20-7/h6-8,15,18H,3-5H2,1-2H3,(H,16,17)/t6-,7+,8-,12-/m0/s1. The molecule has 0 saturated carbocycles. The van der Waals surface area contributed by atoms with Gasteiger partial charge < -0.3 is 34.3 Å². The monoisotopic (exact) mass is 448 g/mol. The van der Waals surface area contributed by atoms with Gasteiger partial charge in [0.1, 0.15) is 12.2 Å². The Morgan fingerprint density at radius 3 is 2.36 bits per heavy atom. The van der Waals surface area contributed by atoms with E-state index < -0.39 is 41.6 Å². The zero-order valence-corrected chi connectivity index (χ0v) is 15.2. The first-order chi connectivity index (χ1) is 10.1. The maximum absolute atomic E-state index is 11.4. The number of carbonyl (C=O) groups is 1. The Kier molecular flexibility index (Phi) is 5.26. The molecule has 0 radical (unpaired) electrons. The van der Waals surface area contributed by atoms with E-state index in [1.165, 1.54) is 13.8 Å². The van der Waals surface area contributed by atoms with E-state index in [9.17, 15) is 20.1 Å². The summed E-state index contributed by atoms with van der Waals surface area (Å²) in [5, 5.41) is 30.3. The summed E-state index contributed by atoms with van der Waals surface area (Å²) < 4.78 is 21.8. The maximum Gasteiger partial charge on any atom is 0.367 e. The van der Waals surface area contributed by atoms with Crippen molar-refractivity contribution in [2.45, 2.75) is 49.5 Å². The summed E-state index contributed by atoms with van der Waals surface area (Å²) in [6, 6.07) is 0. The van der Waals surface area contributed by atoms with Crippen LogP contribution in [-0.4, -0.2) is 74.2 Å². The molecule has 8 nitrogen and oxygen atoms in total. The van der Waals surface area contributed by atoms with Gasteiger partial charge in [-0.25, -0.2) is 4.79 Å². The maximum atomic E-state index is 11.4. The van der Waals surface area contributed by atoms with Gasteiger partial charge in [0.2, 0.25) is 0 Å². The van der Waals surface area contributed by atoms with Crippen molar-refractivity contribution in [3.05, 3.63) is 0 Å². The minimum absolute atomic E-state index is 0.0994. The first kappa shape index (κ1) is 18.5. The summed E-state index contributed by atoms with van der Waals surface area (Å²) in [5.74, 6) is -6.70. The molecule has 0 amide bonds. The smallest absolute Gasteiger partial charge is 0.367 e. The lowest BCUT2D eigenvalue weighted by atomic mass is 9.99. The second-order valence-corrected chi connectivity index (χ2v) is 6.80. The zero-order valence-electron chi connectivity index (χ0n) is 12.0. The third-order valence-corrected chi connectivity index (χ3v) is 5.17. The number of alkyl halides is 2. The molecule has 0 spiro atoms. The third kappa shape index (κ3) is 3.20. The number of rotatable bonds is 4. The minimum Gasteiger partial charge on any atom is -0.477 e. The summed E-state index contributed by atoms with van der Waals surface area (Å²) in [5.41, 5.74) is 0. The number of hydrogen-bond donors (Lipinski definition) is 3. The second-order valence-electron chi connectivity index (χ2n) is 5.68. The zero-order chi connectivity index (χ0) is 16.8. The van der Waals surface area contributed by atoms with Crippen molar-refractivity contribution in [3.8, 4) is 0 Å². The van der Waals surface area contributed by atoms with E-state index in [4.69, 9.17) is 18.9 Å². The molecule has 0 unspecified atom stereocenters. The van der Waals surface area contributed by atoms with E-state index in [-0.39, 0.29) is 17.3 Å². The van der Waals surface area contributed by atoms with E-state index in [0.717, 1.165) is 0 Å². The van der Waals surface area contributed by atoms with Gasteiger partial charge in [-0.3, -0.25) is 0 Å². The molecule has 0 aromatic rings. The van der Waals surface area contributed by atoms with Crippen LogP contribution in [0.1, 0.15) is 13.8 Å². The van der Waals surface area contributed by atoms with E-state index in [1.807, 2.05) is 0 Å². The van der Waals surface area contributed by atoms with Crippen LogP contribution in [0.15, 0.2) is 0 Å². The summed E-state index contributed by atoms with van der Waals surface area (Å²) >= 11 is 6.50. The topological polar surface area (TPSA) is 115 Å². The number of halogens is 2. The van der Waals surface area contributed by atoms with Gasteiger partial charge in [0, 0.05) is 0 Å². The molecule has 2 rings (SSSR count). The Morgan fingerprint density at radius 2 is 1.86 bits per heavy atom. The highest BCUT2D eigenvalue weighted by atomic mass is 79.9. The van der Waals surface area contributed by atoms with Crippen molar-refractivity contribution < 1.29 is 39.1 Å². The van der Waals surface area contributed by atoms with Crippen molar-refractivity contribution >= 4 is 37.8 Å². The van der Waals surface area contributed by atoms with Crippen LogP contribution in [0.25, 0.3) is 0 Å². The minimum atomic E-state index is -2.63. The van der Waals surface area contributed by atoms with Crippen molar-refractivity contribution in [2.24, 2.45) is 0 Å². The number of ether oxygens (including phenoxy) is 4. The molecular weight excluding hydrogens is 432 g/mol. The lowest BCUT2D eigenvalue weighted by molar-refractivity contribution is -0.325. The Balaban J connectivity index is 2.32. The molecule has 2 heterocycles. The molecule has 10 heteroatoms. The van der Waals surface area contributed by atoms with Crippen LogP contribution in [0.5, 0.6) is 0 Å². The van der Waals surface area contributed by atoms with E-state index in [2.05, 4.69) is 31.9 Å². The van der Waals surface area contributed by atoms with Gasteiger partial charge in [0.05, 0.1) is 17.3 Å². The molecule has 128 valence electrons. The number of carboxylic acids is 1. The van der Waals surface area contributed by atoms with Crippen LogP contribution in [0.2, 0.25) is 0 Å². The van der Waals surface area contributed by atoms with Crippen molar-refractivity contribution in [1.82, 2.24) is 0 Å². The summed E-state index contributed by atoms with van der Waals surface area (Å²) in [6.07, 6.45) is -3.75. The Hall–Kier alpha value is 0.190. The largest absolute Gasteiger partial charge is 0.477 e. The van der Waals surface area contributed by atoms with Gasteiger partial charge >= 0.3 is 5.97 Å². The molecule has 0 aromatic carbocycles. The normalized spacial score (nSPS) is 40.5. The Morgan fingerprint density at radius 1 is 1.27 bits per heavy atom. The molecule has 3 N–H and O–H groups in total. The predicted molar refractivity (Wildman–Crippen MR) is 79.8 cm³/mol. The van der Waals surface area contributed by atoms with Crippen molar-refractivity contribution in [3.63, 3.8) is 0 Å². The SMILES string of the molecule is CC1(C)O[C@@H]([C@@H]2OC(CBr)(CBr)OC[C@@H]2O)[C@@](O)(C(=O)O)O1. The van der Waals surface area contributed by atoms with Crippen LogP contribution in [0.4, 0.5) is 0 Å². The van der Waals surface area contributed by atoms with E-state index in [0.29, 0.717) is 0 Å². The molecule has 2 fully saturated rings. The fourth-order valence-corrected chi connectivity index (χ4v) is 3.95. The van der Waals surface area contributed by atoms with Crippen LogP contribution >= 0.6 is 31.9 Å². The highest BCUT2D eigenvalue weighted by Gasteiger charge is 2.64. The van der Waals surface area contributed by atoms with Crippen LogP contribution in [-0.2, 0) is 23.7 Å². The van der Waals surface area contributed by atoms with Crippen molar-refractivity contribution in [2.75, 3.05) is 17.3 Å². The molecule has 2 aliphatic heterocycles. The third-order valence-electron chi connectivity index (χ3n) is 3.46. The quantitative estimate of drug-likeness (QED) is 0.520. The van der Waals surface area contributed by atoms with E-state index in [1.54, 1.807) is 0 Å². The highest BCUT2D eigenvalue weighted by molar-refractivity contribution is 9.09. The average molecular weight is 450 g/mol. The molecule has 4 atom stereocenters. The van der Waals surface area contributed by atoms with Gasteiger partial charge in [-0.1, -0.05) is 31.9 Å². The molecule has 2 saturated heterocycles. The number of aliphatic hydroxyl groups excluding tert-OH is 1. The molecule has 2 aliphatic rings. The molecule has 0 bridgehead atoms. The van der Waals surface area contributed by atoms with Crippen LogP contribution in [0.3, 0.4) is 0 Å².